The molecule has 33 heavy (non-hydrogen) atoms. The molecule has 4 rings (SSSR count). The minimum Gasteiger partial charge on any atom is -0.497 e. The van der Waals surface area contributed by atoms with Crippen LogP contribution in [0.1, 0.15) is 35.2 Å². The molecule has 0 aromatic heterocycles. The lowest BCUT2D eigenvalue weighted by Gasteiger charge is -2.14. The summed E-state index contributed by atoms with van der Waals surface area (Å²) >= 11 is 0. The van der Waals surface area contributed by atoms with Gasteiger partial charge < -0.3 is 25.8 Å². The van der Waals surface area contributed by atoms with Crippen molar-refractivity contribution in [2.75, 3.05) is 30.8 Å². The molecular formula is C26H29N3O4. The highest BCUT2D eigenvalue weighted by Gasteiger charge is 2.21. The van der Waals surface area contributed by atoms with Crippen LogP contribution in [0.15, 0.2) is 54.6 Å². The van der Waals surface area contributed by atoms with E-state index in [0.29, 0.717) is 30.3 Å². The van der Waals surface area contributed by atoms with Crippen molar-refractivity contribution >= 4 is 34.0 Å². The number of aliphatic carboxylic acids is 1. The van der Waals surface area contributed by atoms with E-state index in [4.69, 9.17) is 9.84 Å². The molecule has 7 heteroatoms. The number of methoxy groups -OCH3 is 1. The van der Waals surface area contributed by atoms with Crippen molar-refractivity contribution in [1.82, 2.24) is 5.32 Å². The average molecular weight is 448 g/mol. The summed E-state index contributed by atoms with van der Waals surface area (Å²) in [5.74, 6) is 0.501. The molecule has 0 bridgehead atoms. The van der Waals surface area contributed by atoms with Gasteiger partial charge in [0, 0.05) is 42.0 Å². The molecule has 172 valence electrons. The lowest BCUT2D eigenvalue weighted by molar-refractivity contribution is -0.136. The van der Waals surface area contributed by atoms with E-state index in [1.54, 1.807) is 7.11 Å². The third-order valence-corrected chi connectivity index (χ3v) is 5.76. The predicted octanol–water partition coefficient (Wildman–Crippen LogP) is 4.49. The van der Waals surface area contributed by atoms with Crippen LogP contribution in [0.5, 0.6) is 5.75 Å². The Labute approximate surface area is 193 Å². The van der Waals surface area contributed by atoms with Crippen molar-refractivity contribution in [1.29, 1.82) is 0 Å². The van der Waals surface area contributed by atoms with Crippen LogP contribution in [0.25, 0.3) is 10.8 Å². The van der Waals surface area contributed by atoms with Crippen molar-refractivity contribution < 1.29 is 19.4 Å². The van der Waals surface area contributed by atoms with Crippen LogP contribution < -0.4 is 20.7 Å². The largest absolute Gasteiger partial charge is 0.497 e. The van der Waals surface area contributed by atoms with Gasteiger partial charge in [0.15, 0.2) is 0 Å². The Kier molecular flexibility index (Phi) is 7.10. The molecule has 0 radical (unpaired) electrons. The van der Waals surface area contributed by atoms with E-state index in [0.717, 1.165) is 34.3 Å². The molecule has 0 unspecified atom stereocenters. The summed E-state index contributed by atoms with van der Waals surface area (Å²) in [7, 11) is 1.65. The number of fused-ring (bicyclic) bond motifs is 1. The van der Waals surface area contributed by atoms with Crippen molar-refractivity contribution in [2.45, 2.75) is 25.8 Å². The maximum Gasteiger partial charge on any atom is 0.304 e. The first-order chi connectivity index (χ1) is 16.0. The van der Waals surface area contributed by atoms with E-state index >= 15 is 0 Å². The minimum absolute atomic E-state index is 0.0875. The van der Waals surface area contributed by atoms with E-state index in [9.17, 15) is 9.59 Å². The number of ether oxygens (including phenoxy) is 1. The zero-order valence-corrected chi connectivity index (χ0v) is 18.7. The zero-order chi connectivity index (χ0) is 23.2. The molecule has 0 saturated heterocycles. The smallest absolute Gasteiger partial charge is 0.304 e. The second-order valence-corrected chi connectivity index (χ2v) is 8.41. The van der Waals surface area contributed by atoms with Gasteiger partial charge in [-0.3, -0.25) is 9.59 Å². The van der Waals surface area contributed by atoms with E-state index in [-0.39, 0.29) is 12.3 Å². The van der Waals surface area contributed by atoms with Crippen LogP contribution in [0, 0.1) is 5.92 Å². The number of nitrogens with one attached hydrogen (secondary N) is 3. The highest BCUT2D eigenvalue weighted by atomic mass is 16.5. The molecule has 4 N–H and O–H groups in total. The Morgan fingerprint density at radius 3 is 2.55 bits per heavy atom. The molecule has 0 spiro atoms. The molecule has 3 aromatic carbocycles. The topological polar surface area (TPSA) is 99.7 Å². The van der Waals surface area contributed by atoms with E-state index in [1.807, 2.05) is 54.6 Å². The lowest BCUT2D eigenvalue weighted by atomic mass is 10.0. The summed E-state index contributed by atoms with van der Waals surface area (Å²) in [5.41, 5.74) is 3.25. The van der Waals surface area contributed by atoms with E-state index in [1.165, 1.54) is 12.8 Å². The third-order valence-electron chi connectivity index (χ3n) is 5.76. The minimum atomic E-state index is -0.820. The Morgan fingerprint density at radius 2 is 1.85 bits per heavy atom. The summed E-state index contributed by atoms with van der Waals surface area (Å²) in [6, 6.07) is 17.2. The summed E-state index contributed by atoms with van der Waals surface area (Å²) in [4.78, 5) is 23.6. The lowest BCUT2D eigenvalue weighted by Crippen LogP contribution is -2.17. The monoisotopic (exact) mass is 447 g/mol. The number of amides is 1. The predicted molar refractivity (Wildman–Crippen MR) is 130 cm³/mol. The van der Waals surface area contributed by atoms with Crippen LogP contribution in [0.3, 0.4) is 0 Å². The van der Waals surface area contributed by atoms with Crippen LogP contribution in [0.4, 0.5) is 11.4 Å². The number of carbonyl (C=O) groups is 2. The Balaban J connectivity index is 1.46. The molecule has 7 nitrogen and oxygen atoms in total. The van der Waals surface area contributed by atoms with E-state index in [2.05, 4.69) is 16.0 Å². The molecule has 1 saturated carbocycles. The average Bonchev–Trinajstić information content (AvgIpc) is 3.65. The molecule has 0 aliphatic heterocycles. The van der Waals surface area contributed by atoms with Crippen LogP contribution in [-0.4, -0.2) is 37.2 Å². The zero-order valence-electron chi connectivity index (χ0n) is 18.7. The SMILES string of the molecule is COc1ccc2cc(C(=O)Nc3ccc(CNCCC(=O)O)cc3)cc(NCC3CC3)c2c1. The Morgan fingerprint density at radius 1 is 1.06 bits per heavy atom. The number of carboxylic acids is 1. The number of carbonyl (C=O) groups excluding carboxylic acids is 1. The molecule has 1 fully saturated rings. The number of carboxylic acid groups (broad SMARTS) is 1. The van der Waals surface area contributed by atoms with Gasteiger partial charge in [-0.05, 0) is 66.1 Å². The fourth-order valence-corrected chi connectivity index (χ4v) is 3.65. The number of hydrogen-bond acceptors (Lipinski definition) is 5. The van der Waals surface area contributed by atoms with Gasteiger partial charge in [-0.25, -0.2) is 0 Å². The molecule has 3 aromatic rings. The molecular weight excluding hydrogens is 418 g/mol. The van der Waals surface area contributed by atoms with Crippen molar-refractivity contribution in [2.24, 2.45) is 5.92 Å². The maximum absolute atomic E-state index is 13.0. The van der Waals surface area contributed by atoms with Crippen molar-refractivity contribution in [3.63, 3.8) is 0 Å². The van der Waals surface area contributed by atoms with Crippen LogP contribution in [-0.2, 0) is 11.3 Å². The van der Waals surface area contributed by atoms with E-state index < -0.39 is 5.97 Å². The molecule has 0 heterocycles. The fraction of sp³-hybridized carbons (Fsp3) is 0.308. The molecule has 0 atom stereocenters. The van der Waals surface area contributed by atoms with Gasteiger partial charge >= 0.3 is 5.97 Å². The van der Waals surface area contributed by atoms with Gasteiger partial charge in [-0.1, -0.05) is 18.2 Å². The van der Waals surface area contributed by atoms with Gasteiger partial charge in [-0.2, -0.15) is 0 Å². The number of benzene rings is 3. The van der Waals surface area contributed by atoms with Gasteiger partial charge in [0.25, 0.3) is 5.91 Å². The maximum atomic E-state index is 13.0. The third kappa shape index (κ3) is 6.23. The summed E-state index contributed by atoms with van der Waals surface area (Å²) in [6.45, 7) is 1.89. The van der Waals surface area contributed by atoms with Gasteiger partial charge in [0.05, 0.1) is 13.5 Å². The van der Waals surface area contributed by atoms with Crippen LogP contribution in [0.2, 0.25) is 0 Å². The Bertz CT molecular complexity index is 1140. The second kappa shape index (κ2) is 10.4. The quantitative estimate of drug-likeness (QED) is 0.323. The first-order valence-corrected chi connectivity index (χ1v) is 11.2. The standard InChI is InChI=1S/C26H29N3O4/c1-33-22-9-6-19-12-20(13-24(23(19)14-22)28-16-18-2-3-18)26(32)29-21-7-4-17(5-8-21)15-27-11-10-25(30)31/h4-9,12-14,18,27-28H,2-3,10-11,15-16H2,1H3,(H,29,32)(H,30,31). The van der Waals surface area contributed by atoms with Crippen molar-refractivity contribution in [3.05, 3.63) is 65.7 Å². The first-order valence-electron chi connectivity index (χ1n) is 11.2. The normalized spacial score (nSPS) is 13.0. The summed E-state index contributed by atoms with van der Waals surface area (Å²) in [6.07, 6.45) is 2.59. The highest BCUT2D eigenvalue weighted by Crippen LogP contribution is 2.33. The second-order valence-electron chi connectivity index (χ2n) is 8.41. The molecule has 1 aliphatic rings. The van der Waals surface area contributed by atoms with Crippen LogP contribution >= 0.6 is 0 Å². The Hall–Kier alpha value is -3.58. The first kappa shape index (κ1) is 22.6. The molecule has 1 aliphatic carbocycles. The number of hydrogen-bond donors (Lipinski definition) is 4. The van der Waals surface area contributed by atoms with Gasteiger partial charge in [-0.15, -0.1) is 0 Å². The summed E-state index contributed by atoms with van der Waals surface area (Å²) < 4.78 is 5.39. The number of rotatable bonds is 11. The fourth-order valence-electron chi connectivity index (χ4n) is 3.65. The van der Waals surface area contributed by atoms with Crippen molar-refractivity contribution in [3.8, 4) is 5.75 Å². The number of anilines is 2. The van der Waals surface area contributed by atoms with Gasteiger partial charge in [0.2, 0.25) is 0 Å². The summed E-state index contributed by atoms with van der Waals surface area (Å²) in [5, 5.41) is 20.3. The molecule has 1 amide bonds. The highest BCUT2D eigenvalue weighted by molar-refractivity contribution is 6.09. The van der Waals surface area contributed by atoms with Gasteiger partial charge in [0.1, 0.15) is 5.75 Å².